The number of carbonyl (C=O) groups is 2. The molecule has 2 aliphatic carbocycles. The first-order chi connectivity index (χ1) is 23.3. The molecule has 1 saturated heterocycles. The fraction of sp³-hybridized carbons (Fsp3) is 0.410. The van der Waals surface area contributed by atoms with Gasteiger partial charge < -0.3 is 9.47 Å². The highest BCUT2D eigenvalue weighted by atomic mass is 35.5. The SMILES string of the molecule is COc1cc2c(cc1OC)C(=O)C(CC1CCN(CC(=O)N3N=C4/C(=C\c5ccc(Cl)cc5)CCCC4C3c3ccc(Cl)cc3)CC1)C2. The maximum Gasteiger partial charge on any atom is 0.257 e. The molecule has 0 radical (unpaired) electrons. The van der Waals surface area contributed by atoms with Gasteiger partial charge in [0.25, 0.3) is 5.91 Å². The summed E-state index contributed by atoms with van der Waals surface area (Å²) in [7, 11) is 3.22. The first-order valence-corrected chi connectivity index (χ1v) is 17.7. The predicted octanol–water partition coefficient (Wildman–Crippen LogP) is 8.29. The van der Waals surface area contributed by atoms with E-state index < -0.39 is 0 Å². The second kappa shape index (κ2) is 14.1. The van der Waals surface area contributed by atoms with Crippen molar-refractivity contribution in [2.45, 2.75) is 51.0 Å². The Morgan fingerprint density at radius 1 is 0.938 bits per heavy atom. The Bertz CT molecular complexity index is 1750. The summed E-state index contributed by atoms with van der Waals surface area (Å²) in [5.74, 6) is 2.03. The molecule has 2 fully saturated rings. The van der Waals surface area contributed by atoms with Crippen molar-refractivity contribution in [2.75, 3.05) is 33.9 Å². The van der Waals surface area contributed by atoms with E-state index in [0.717, 1.165) is 86.0 Å². The Kier molecular flexibility index (Phi) is 9.63. The summed E-state index contributed by atoms with van der Waals surface area (Å²) in [4.78, 5) is 29.7. The third-order valence-electron chi connectivity index (χ3n) is 10.6. The Labute approximate surface area is 292 Å². The van der Waals surface area contributed by atoms with E-state index in [-0.39, 0.29) is 29.6 Å². The average Bonchev–Trinajstić information content (AvgIpc) is 3.64. The van der Waals surface area contributed by atoms with Gasteiger partial charge in [0.15, 0.2) is 17.3 Å². The van der Waals surface area contributed by atoms with Crippen LogP contribution < -0.4 is 9.47 Å². The minimum absolute atomic E-state index is 0.0189. The van der Waals surface area contributed by atoms with E-state index in [1.807, 2.05) is 60.7 Å². The van der Waals surface area contributed by atoms with Gasteiger partial charge in [-0.15, -0.1) is 0 Å². The fourth-order valence-corrected chi connectivity index (χ4v) is 8.35. The van der Waals surface area contributed by atoms with Crippen LogP contribution in [0.25, 0.3) is 6.08 Å². The highest BCUT2D eigenvalue weighted by Gasteiger charge is 2.44. The number of Topliss-reactive ketones (excluding diaryl/α,β-unsaturated/α-hetero) is 1. The van der Waals surface area contributed by atoms with Crippen molar-refractivity contribution in [1.29, 1.82) is 0 Å². The molecule has 250 valence electrons. The van der Waals surface area contributed by atoms with Crippen molar-refractivity contribution in [1.82, 2.24) is 9.91 Å². The van der Waals surface area contributed by atoms with Crippen molar-refractivity contribution in [3.05, 3.63) is 98.5 Å². The average molecular weight is 687 g/mol. The summed E-state index contributed by atoms with van der Waals surface area (Å²) in [5.41, 5.74) is 6.14. The number of allylic oxidation sites excluding steroid dienone is 1. The van der Waals surface area contributed by atoms with Crippen LogP contribution >= 0.6 is 23.2 Å². The molecule has 0 spiro atoms. The minimum atomic E-state index is -0.163. The molecule has 48 heavy (non-hydrogen) atoms. The number of nitrogens with zero attached hydrogens (tertiary/aromatic N) is 3. The topological polar surface area (TPSA) is 71.4 Å². The quantitative estimate of drug-likeness (QED) is 0.239. The zero-order chi connectivity index (χ0) is 33.4. The molecule has 0 bridgehead atoms. The summed E-state index contributed by atoms with van der Waals surface area (Å²) in [6.07, 6.45) is 8.67. The van der Waals surface area contributed by atoms with Gasteiger partial charge in [-0.25, -0.2) is 5.01 Å². The Morgan fingerprint density at radius 3 is 2.29 bits per heavy atom. The zero-order valence-corrected chi connectivity index (χ0v) is 29.0. The van der Waals surface area contributed by atoms with Crippen molar-refractivity contribution >= 4 is 46.7 Å². The van der Waals surface area contributed by atoms with Crippen LogP contribution in [0.15, 0.2) is 71.3 Å². The van der Waals surface area contributed by atoms with Crippen LogP contribution in [0, 0.1) is 17.8 Å². The number of piperidine rings is 1. The van der Waals surface area contributed by atoms with Crippen molar-refractivity contribution in [3.63, 3.8) is 0 Å². The number of hydrogen-bond acceptors (Lipinski definition) is 6. The fourth-order valence-electron chi connectivity index (χ4n) is 8.09. The van der Waals surface area contributed by atoms with Crippen LogP contribution in [0.4, 0.5) is 0 Å². The lowest BCUT2D eigenvalue weighted by Gasteiger charge is -2.34. The monoisotopic (exact) mass is 685 g/mol. The zero-order valence-electron chi connectivity index (χ0n) is 27.5. The molecule has 3 unspecified atom stereocenters. The lowest BCUT2D eigenvalue weighted by molar-refractivity contribution is -0.135. The number of ether oxygens (including phenoxy) is 2. The first kappa shape index (κ1) is 32.9. The number of carbonyl (C=O) groups excluding carboxylic acids is 2. The third kappa shape index (κ3) is 6.65. The summed E-state index contributed by atoms with van der Waals surface area (Å²) in [5, 5.41) is 8.22. The molecule has 3 atom stereocenters. The molecule has 7 nitrogen and oxygen atoms in total. The predicted molar refractivity (Wildman–Crippen MR) is 190 cm³/mol. The van der Waals surface area contributed by atoms with Gasteiger partial charge in [0.2, 0.25) is 0 Å². The molecular weight excluding hydrogens is 645 g/mol. The second-order valence-corrected chi connectivity index (χ2v) is 14.4. The lowest BCUT2D eigenvalue weighted by atomic mass is 9.77. The summed E-state index contributed by atoms with van der Waals surface area (Å²) in [6, 6.07) is 19.3. The number of methoxy groups -OCH3 is 2. The van der Waals surface area contributed by atoms with Gasteiger partial charge in [-0.05, 0) is 129 Å². The van der Waals surface area contributed by atoms with Crippen LogP contribution in [0.2, 0.25) is 10.0 Å². The highest BCUT2D eigenvalue weighted by molar-refractivity contribution is 6.30. The molecule has 9 heteroatoms. The number of hydrazone groups is 1. The Balaban J connectivity index is 1.03. The van der Waals surface area contributed by atoms with Gasteiger partial charge in [0, 0.05) is 27.4 Å². The third-order valence-corrected chi connectivity index (χ3v) is 11.1. The van der Waals surface area contributed by atoms with Crippen molar-refractivity contribution in [3.8, 4) is 11.5 Å². The molecule has 3 aromatic carbocycles. The molecule has 7 rings (SSSR count). The standard InChI is InChI=1S/C39H41Cl2N3O4/c1-47-34-21-28-20-29(39(46)33(28)22-35(34)48-2)19-25-14-16-43(17-15-25)23-36(45)44-38(26-8-12-31(41)13-9-26)32-5-3-4-27(37(32)42-44)18-24-6-10-30(40)11-7-24/h6-13,18,21-22,25,29,32,38H,3-5,14-17,19-20,23H2,1-2H3/b27-18-. The van der Waals surface area contributed by atoms with E-state index in [2.05, 4.69) is 11.0 Å². The van der Waals surface area contributed by atoms with Gasteiger partial charge in [-0.3, -0.25) is 14.5 Å². The highest BCUT2D eigenvalue weighted by Crippen LogP contribution is 2.45. The van der Waals surface area contributed by atoms with E-state index in [1.54, 1.807) is 19.2 Å². The smallest absolute Gasteiger partial charge is 0.257 e. The molecule has 4 aliphatic rings. The maximum absolute atomic E-state index is 14.1. The van der Waals surface area contributed by atoms with E-state index in [9.17, 15) is 9.59 Å². The second-order valence-electron chi connectivity index (χ2n) is 13.5. The number of fused-ring (bicyclic) bond motifs is 2. The van der Waals surface area contributed by atoms with Crippen molar-refractivity contribution < 1.29 is 19.1 Å². The molecule has 3 aromatic rings. The maximum atomic E-state index is 14.1. The molecule has 0 aromatic heterocycles. The number of rotatable bonds is 8. The molecule has 0 N–H and O–H groups in total. The van der Waals surface area contributed by atoms with Crippen LogP contribution in [0.1, 0.15) is 71.6 Å². The number of amides is 1. The lowest BCUT2D eigenvalue weighted by Crippen LogP contribution is -2.43. The van der Waals surface area contributed by atoms with Gasteiger partial charge in [0.05, 0.1) is 32.5 Å². The van der Waals surface area contributed by atoms with Gasteiger partial charge in [-0.1, -0.05) is 47.5 Å². The van der Waals surface area contributed by atoms with Gasteiger partial charge in [-0.2, -0.15) is 5.10 Å². The van der Waals surface area contributed by atoms with Gasteiger partial charge in [0.1, 0.15) is 0 Å². The molecule has 2 heterocycles. The Morgan fingerprint density at radius 2 is 1.60 bits per heavy atom. The first-order valence-electron chi connectivity index (χ1n) is 16.9. The number of halogens is 2. The normalized spacial score (nSPS) is 23.6. The van der Waals surface area contributed by atoms with Crippen molar-refractivity contribution in [2.24, 2.45) is 22.9 Å². The molecule has 1 amide bonds. The van der Waals surface area contributed by atoms with Crippen LogP contribution in [-0.2, 0) is 11.2 Å². The summed E-state index contributed by atoms with van der Waals surface area (Å²) < 4.78 is 10.9. The van der Waals surface area contributed by atoms with Gasteiger partial charge >= 0.3 is 0 Å². The van der Waals surface area contributed by atoms with Crippen LogP contribution in [0.5, 0.6) is 11.5 Å². The number of benzene rings is 3. The summed E-state index contributed by atoms with van der Waals surface area (Å²) >= 11 is 12.4. The van der Waals surface area contributed by atoms with E-state index in [0.29, 0.717) is 34.0 Å². The largest absolute Gasteiger partial charge is 0.493 e. The molecule has 2 aliphatic heterocycles. The number of ketones is 1. The van der Waals surface area contributed by atoms with E-state index >= 15 is 0 Å². The van der Waals surface area contributed by atoms with Crippen LogP contribution in [-0.4, -0.2) is 61.2 Å². The number of hydrogen-bond donors (Lipinski definition) is 0. The molecular formula is C39H41Cl2N3O4. The number of likely N-dealkylation sites (tertiary alicyclic amines) is 1. The minimum Gasteiger partial charge on any atom is -0.493 e. The Hall–Kier alpha value is -3.65. The van der Waals surface area contributed by atoms with E-state index in [1.165, 1.54) is 5.57 Å². The van der Waals surface area contributed by atoms with Crippen LogP contribution in [0.3, 0.4) is 0 Å². The van der Waals surface area contributed by atoms with E-state index in [4.69, 9.17) is 37.8 Å². The summed E-state index contributed by atoms with van der Waals surface area (Å²) in [6.45, 7) is 1.98. The molecule has 1 saturated carbocycles.